The Balaban J connectivity index is 1.93. The third-order valence-corrected chi connectivity index (χ3v) is 4.15. The highest BCUT2D eigenvalue weighted by atomic mass is 32.1. The smallest absolute Gasteiger partial charge is 0.257 e. The summed E-state index contributed by atoms with van der Waals surface area (Å²) in [5.41, 5.74) is 2.23. The maximum absolute atomic E-state index is 12.4. The topological polar surface area (TPSA) is 70.7 Å². The fourth-order valence-corrected chi connectivity index (χ4v) is 2.72. The minimum Gasteiger partial charge on any atom is -0.494 e. The molecule has 2 N–H and O–H groups in total. The SMILES string of the molecule is CCOc1cccc(C(=O)NC(=S)Nc2cccc(CCC(=O)N(C)C)c2)c1. The van der Waals surface area contributed by atoms with Crippen molar-refractivity contribution in [3.05, 3.63) is 59.7 Å². The summed E-state index contributed by atoms with van der Waals surface area (Å²) in [5.74, 6) is 0.399. The van der Waals surface area contributed by atoms with Crippen molar-refractivity contribution in [1.82, 2.24) is 10.2 Å². The van der Waals surface area contributed by atoms with Gasteiger partial charge in [0.1, 0.15) is 5.75 Å². The molecule has 0 aliphatic rings. The molecule has 2 aromatic carbocycles. The van der Waals surface area contributed by atoms with Gasteiger partial charge in [-0.3, -0.25) is 14.9 Å². The fourth-order valence-electron chi connectivity index (χ4n) is 2.51. The van der Waals surface area contributed by atoms with Gasteiger partial charge in [0, 0.05) is 31.8 Å². The van der Waals surface area contributed by atoms with Crippen LogP contribution < -0.4 is 15.4 Å². The van der Waals surface area contributed by atoms with Gasteiger partial charge in [-0.1, -0.05) is 18.2 Å². The number of rotatable bonds is 7. The molecule has 7 heteroatoms. The molecule has 0 aliphatic heterocycles. The van der Waals surface area contributed by atoms with E-state index >= 15 is 0 Å². The molecule has 2 rings (SSSR count). The van der Waals surface area contributed by atoms with Crippen LogP contribution >= 0.6 is 12.2 Å². The summed E-state index contributed by atoms with van der Waals surface area (Å²) < 4.78 is 5.41. The minimum absolute atomic E-state index is 0.0791. The van der Waals surface area contributed by atoms with E-state index in [1.54, 1.807) is 43.3 Å². The molecular weight excluding hydrogens is 374 g/mol. The fraction of sp³-hybridized carbons (Fsp3) is 0.286. The van der Waals surface area contributed by atoms with Gasteiger partial charge in [0.2, 0.25) is 5.91 Å². The standard InChI is InChI=1S/C21H25N3O3S/c1-4-27-18-10-6-8-16(14-18)20(26)23-21(28)22-17-9-5-7-15(13-17)11-12-19(25)24(2)3/h5-10,13-14H,4,11-12H2,1-3H3,(H2,22,23,26,28). The van der Waals surface area contributed by atoms with Crippen LogP contribution in [0.3, 0.4) is 0 Å². The van der Waals surface area contributed by atoms with Gasteiger partial charge >= 0.3 is 0 Å². The molecular formula is C21H25N3O3S. The number of ether oxygens (including phenoxy) is 1. The number of nitrogens with zero attached hydrogens (tertiary/aromatic N) is 1. The van der Waals surface area contributed by atoms with E-state index in [9.17, 15) is 9.59 Å². The van der Waals surface area contributed by atoms with E-state index in [4.69, 9.17) is 17.0 Å². The molecule has 2 amide bonds. The number of hydrogen-bond donors (Lipinski definition) is 2. The predicted molar refractivity (Wildman–Crippen MR) is 115 cm³/mol. The molecule has 0 aliphatic carbocycles. The highest BCUT2D eigenvalue weighted by Crippen LogP contribution is 2.14. The Morgan fingerprint density at radius 1 is 1.11 bits per heavy atom. The second-order valence-corrected chi connectivity index (χ2v) is 6.77. The molecule has 0 spiro atoms. The van der Waals surface area contributed by atoms with E-state index in [0.29, 0.717) is 30.8 Å². The van der Waals surface area contributed by atoms with Gasteiger partial charge in [-0.2, -0.15) is 0 Å². The molecule has 2 aromatic rings. The zero-order chi connectivity index (χ0) is 20.5. The Bertz CT molecular complexity index is 852. The lowest BCUT2D eigenvalue weighted by Crippen LogP contribution is -2.34. The molecule has 0 aromatic heterocycles. The molecule has 148 valence electrons. The summed E-state index contributed by atoms with van der Waals surface area (Å²) in [4.78, 5) is 25.7. The molecule has 0 fully saturated rings. The first kappa shape index (κ1) is 21.4. The van der Waals surface area contributed by atoms with Crippen molar-refractivity contribution >= 4 is 34.8 Å². The van der Waals surface area contributed by atoms with Gasteiger partial charge in [-0.25, -0.2) is 0 Å². The Morgan fingerprint density at radius 3 is 2.57 bits per heavy atom. The van der Waals surface area contributed by atoms with Gasteiger partial charge in [-0.15, -0.1) is 0 Å². The average molecular weight is 400 g/mol. The number of carbonyl (C=O) groups is 2. The Kier molecular flexibility index (Phi) is 7.95. The number of thiocarbonyl (C=S) groups is 1. The van der Waals surface area contributed by atoms with Crippen molar-refractivity contribution in [3.8, 4) is 5.75 Å². The Hall–Kier alpha value is -2.93. The molecule has 0 saturated heterocycles. The van der Waals surface area contributed by atoms with E-state index in [0.717, 1.165) is 11.3 Å². The second-order valence-electron chi connectivity index (χ2n) is 6.36. The van der Waals surface area contributed by atoms with Crippen LogP contribution in [0.2, 0.25) is 0 Å². The summed E-state index contributed by atoms with van der Waals surface area (Å²) in [5, 5.41) is 5.87. The first-order valence-corrected chi connectivity index (χ1v) is 9.44. The molecule has 0 radical (unpaired) electrons. The number of anilines is 1. The van der Waals surface area contributed by atoms with Gasteiger partial charge in [0.15, 0.2) is 5.11 Å². The summed E-state index contributed by atoms with van der Waals surface area (Å²) in [6.45, 7) is 2.41. The number of amides is 2. The zero-order valence-electron chi connectivity index (χ0n) is 16.3. The van der Waals surface area contributed by atoms with Crippen molar-refractivity contribution < 1.29 is 14.3 Å². The van der Waals surface area contributed by atoms with Gasteiger partial charge in [0.05, 0.1) is 6.61 Å². The van der Waals surface area contributed by atoms with Crippen LogP contribution in [0.1, 0.15) is 29.3 Å². The summed E-state index contributed by atoms with van der Waals surface area (Å²) in [7, 11) is 3.48. The first-order chi connectivity index (χ1) is 13.4. The van der Waals surface area contributed by atoms with Crippen LogP contribution in [0.15, 0.2) is 48.5 Å². The van der Waals surface area contributed by atoms with Crippen LogP contribution in [-0.4, -0.2) is 42.5 Å². The summed E-state index contributed by atoms with van der Waals surface area (Å²) in [6, 6.07) is 14.5. The van der Waals surface area contributed by atoms with Gasteiger partial charge in [0.25, 0.3) is 5.91 Å². The lowest BCUT2D eigenvalue weighted by molar-refractivity contribution is -0.128. The van der Waals surface area contributed by atoms with Crippen LogP contribution in [0.25, 0.3) is 0 Å². The van der Waals surface area contributed by atoms with Crippen LogP contribution in [0.5, 0.6) is 5.75 Å². The molecule has 0 unspecified atom stereocenters. The zero-order valence-corrected chi connectivity index (χ0v) is 17.1. The number of nitrogens with one attached hydrogen (secondary N) is 2. The van der Waals surface area contributed by atoms with E-state index in [1.165, 1.54) is 0 Å². The molecule has 0 heterocycles. The number of aryl methyl sites for hydroxylation is 1. The minimum atomic E-state index is -0.313. The number of carbonyl (C=O) groups excluding carboxylic acids is 2. The van der Waals surface area contributed by atoms with Crippen molar-refractivity contribution in [2.24, 2.45) is 0 Å². The third kappa shape index (κ3) is 6.66. The first-order valence-electron chi connectivity index (χ1n) is 9.03. The van der Waals surface area contributed by atoms with E-state index in [1.807, 2.05) is 31.2 Å². The van der Waals surface area contributed by atoms with Crippen molar-refractivity contribution in [1.29, 1.82) is 0 Å². The number of hydrogen-bond acceptors (Lipinski definition) is 4. The molecule has 0 saturated carbocycles. The van der Waals surface area contributed by atoms with E-state index < -0.39 is 0 Å². The maximum atomic E-state index is 12.4. The van der Waals surface area contributed by atoms with Crippen molar-refractivity contribution in [3.63, 3.8) is 0 Å². The Labute approximate surface area is 170 Å². The second kappa shape index (κ2) is 10.4. The largest absolute Gasteiger partial charge is 0.494 e. The third-order valence-electron chi connectivity index (χ3n) is 3.95. The van der Waals surface area contributed by atoms with Gasteiger partial charge in [-0.05, 0) is 61.5 Å². The lowest BCUT2D eigenvalue weighted by atomic mass is 10.1. The lowest BCUT2D eigenvalue weighted by Gasteiger charge is -2.12. The quantitative estimate of drug-likeness (QED) is 0.700. The molecule has 0 atom stereocenters. The summed E-state index contributed by atoms with van der Waals surface area (Å²) >= 11 is 5.24. The van der Waals surface area contributed by atoms with E-state index in [2.05, 4.69) is 10.6 Å². The predicted octanol–water partition coefficient (Wildman–Crippen LogP) is 3.23. The molecule has 0 bridgehead atoms. The van der Waals surface area contributed by atoms with Crippen molar-refractivity contribution in [2.75, 3.05) is 26.0 Å². The monoisotopic (exact) mass is 399 g/mol. The highest BCUT2D eigenvalue weighted by molar-refractivity contribution is 7.80. The van der Waals surface area contributed by atoms with Crippen molar-refractivity contribution in [2.45, 2.75) is 19.8 Å². The molecule has 6 nitrogen and oxygen atoms in total. The normalized spacial score (nSPS) is 10.1. The maximum Gasteiger partial charge on any atom is 0.257 e. The summed E-state index contributed by atoms with van der Waals surface area (Å²) in [6.07, 6.45) is 1.07. The average Bonchev–Trinajstić information content (AvgIpc) is 2.66. The van der Waals surface area contributed by atoms with Crippen LogP contribution in [-0.2, 0) is 11.2 Å². The van der Waals surface area contributed by atoms with E-state index in [-0.39, 0.29) is 16.9 Å². The van der Waals surface area contributed by atoms with Gasteiger partial charge < -0.3 is 15.0 Å². The Morgan fingerprint density at radius 2 is 1.86 bits per heavy atom. The number of benzene rings is 2. The van der Waals surface area contributed by atoms with Crippen LogP contribution in [0, 0.1) is 0 Å². The highest BCUT2D eigenvalue weighted by Gasteiger charge is 2.10. The molecule has 28 heavy (non-hydrogen) atoms. The van der Waals surface area contributed by atoms with Crippen LogP contribution in [0.4, 0.5) is 5.69 Å².